The maximum Gasteiger partial charge on any atom is 0.261 e. The van der Waals surface area contributed by atoms with Crippen LogP contribution in [0.1, 0.15) is 15.9 Å². The van der Waals surface area contributed by atoms with Gasteiger partial charge in [0, 0.05) is 23.5 Å². The Hall–Kier alpha value is -3.73. The molecule has 4 aromatic rings. The third-order valence-electron chi connectivity index (χ3n) is 4.47. The number of carbonyl (C=O) groups excluding carboxylic acids is 1. The first-order valence-corrected chi connectivity index (χ1v) is 8.57. The Morgan fingerprint density at radius 2 is 1.93 bits per heavy atom. The topological polar surface area (TPSA) is 74.8 Å². The second-order valence-electron chi connectivity index (χ2n) is 6.31. The van der Waals surface area contributed by atoms with Crippen molar-refractivity contribution >= 4 is 22.5 Å². The smallest absolute Gasteiger partial charge is 0.261 e. The van der Waals surface area contributed by atoms with Gasteiger partial charge in [-0.25, -0.2) is 0 Å². The molecule has 0 saturated heterocycles. The Bertz CT molecular complexity index is 1210. The van der Waals surface area contributed by atoms with Crippen LogP contribution in [0.5, 0.6) is 0 Å². The molecule has 0 aliphatic carbocycles. The molecule has 0 unspecified atom stereocenters. The molecule has 0 radical (unpaired) electrons. The SMILES string of the molecule is Cc1ccc(NC(=O)c2ccc[nH]c2=O)cc1-c1ccc2ncccc2c1. The van der Waals surface area contributed by atoms with Crippen LogP contribution in [0, 0.1) is 6.92 Å². The lowest BCUT2D eigenvalue weighted by molar-refractivity contribution is 0.102. The van der Waals surface area contributed by atoms with Crippen LogP contribution in [0.15, 0.2) is 77.9 Å². The van der Waals surface area contributed by atoms with Crippen molar-refractivity contribution in [3.8, 4) is 11.1 Å². The number of benzene rings is 2. The monoisotopic (exact) mass is 355 g/mol. The lowest BCUT2D eigenvalue weighted by atomic mass is 9.98. The molecule has 5 heteroatoms. The van der Waals surface area contributed by atoms with Gasteiger partial charge in [0.15, 0.2) is 0 Å². The number of anilines is 1. The van der Waals surface area contributed by atoms with E-state index in [-0.39, 0.29) is 5.56 Å². The number of rotatable bonds is 3. The Labute approximate surface area is 155 Å². The summed E-state index contributed by atoms with van der Waals surface area (Å²) in [6.07, 6.45) is 3.27. The normalized spacial score (nSPS) is 10.7. The molecule has 0 fully saturated rings. The van der Waals surface area contributed by atoms with Crippen molar-refractivity contribution in [2.45, 2.75) is 6.92 Å². The van der Waals surface area contributed by atoms with Crippen molar-refractivity contribution in [1.29, 1.82) is 0 Å². The Kier molecular flexibility index (Phi) is 4.26. The van der Waals surface area contributed by atoms with Gasteiger partial charge in [0.05, 0.1) is 5.52 Å². The Morgan fingerprint density at radius 1 is 1.04 bits per heavy atom. The average molecular weight is 355 g/mol. The van der Waals surface area contributed by atoms with Gasteiger partial charge >= 0.3 is 0 Å². The van der Waals surface area contributed by atoms with Gasteiger partial charge in [0.1, 0.15) is 5.56 Å². The van der Waals surface area contributed by atoms with Crippen LogP contribution < -0.4 is 10.9 Å². The molecule has 0 saturated carbocycles. The van der Waals surface area contributed by atoms with Crippen molar-refractivity contribution in [2.24, 2.45) is 0 Å². The highest BCUT2D eigenvalue weighted by Crippen LogP contribution is 2.29. The van der Waals surface area contributed by atoms with Crippen LogP contribution in [0.4, 0.5) is 5.69 Å². The molecule has 2 aromatic carbocycles. The van der Waals surface area contributed by atoms with Gasteiger partial charge in [0.2, 0.25) is 0 Å². The van der Waals surface area contributed by atoms with Gasteiger partial charge in [0.25, 0.3) is 11.5 Å². The number of carbonyl (C=O) groups is 1. The van der Waals surface area contributed by atoms with Gasteiger partial charge < -0.3 is 10.3 Å². The Morgan fingerprint density at radius 3 is 2.78 bits per heavy atom. The zero-order valence-corrected chi connectivity index (χ0v) is 14.7. The average Bonchev–Trinajstić information content (AvgIpc) is 2.69. The van der Waals surface area contributed by atoms with Gasteiger partial charge in [-0.3, -0.25) is 14.6 Å². The number of hydrogen-bond acceptors (Lipinski definition) is 3. The van der Waals surface area contributed by atoms with E-state index in [9.17, 15) is 9.59 Å². The number of aryl methyl sites for hydroxylation is 1. The minimum absolute atomic E-state index is 0.0800. The fraction of sp³-hybridized carbons (Fsp3) is 0.0455. The van der Waals surface area contributed by atoms with E-state index in [0.29, 0.717) is 5.69 Å². The minimum Gasteiger partial charge on any atom is -0.328 e. The third kappa shape index (κ3) is 3.35. The van der Waals surface area contributed by atoms with E-state index >= 15 is 0 Å². The first-order chi connectivity index (χ1) is 13.1. The molecule has 2 heterocycles. The third-order valence-corrected chi connectivity index (χ3v) is 4.47. The lowest BCUT2D eigenvalue weighted by Crippen LogP contribution is -2.22. The van der Waals surface area contributed by atoms with E-state index in [1.54, 1.807) is 12.3 Å². The van der Waals surface area contributed by atoms with Gasteiger partial charge in [-0.1, -0.05) is 18.2 Å². The van der Waals surface area contributed by atoms with E-state index in [1.807, 2.05) is 49.4 Å². The van der Waals surface area contributed by atoms with Crippen LogP contribution in [-0.4, -0.2) is 15.9 Å². The summed E-state index contributed by atoms with van der Waals surface area (Å²) >= 11 is 0. The lowest BCUT2D eigenvalue weighted by Gasteiger charge is -2.11. The summed E-state index contributed by atoms with van der Waals surface area (Å²) in [5.41, 5.74) is 4.39. The van der Waals surface area contributed by atoms with Crippen LogP contribution in [0.3, 0.4) is 0 Å². The van der Waals surface area contributed by atoms with E-state index in [4.69, 9.17) is 0 Å². The molecule has 132 valence electrons. The summed E-state index contributed by atoms with van der Waals surface area (Å²) in [7, 11) is 0. The molecule has 2 aromatic heterocycles. The van der Waals surface area contributed by atoms with E-state index < -0.39 is 11.5 Å². The van der Waals surface area contributed by atoms with Gasteiger partial charge in [-0.15, -0.1) is 0 Å². The van der Waals surface area contributed by atoms with E-state index in [1.165, 1.54) is 12.3 Å². The minimum atomic E-state index is -0.436. The quantitative estimate of drug-likeness (QED) is 0.580. The molecule has 4 rings (SSSR count). The van der Waals surface area contributed by atoms with Crippen molar-refractivity contribution in [3.05, 3.63) is 94.5 Å². The standard InChI is InChI=1S/C22H17N3O2/c1-14-6-8-17(25-22(27)18-5-3-11-24-21(18)26)13-19(14)15-7-9-20-16(12-15)4-2-10-23-20/h2-13H,1H3,(H,24,26)(H,25,27). The van der Waals surface area contributed by atoms with Crippen molar-refractivity contribution in [1.82, 2.24) is 9.97 Å². The summed E-state index contributed by atoms with van der Waals surface area (Å²) in [5, 5.41) is 3.86. The molecule has 0 spiro atoms. The van der Waals surface area contributed by atoms with Crippen LogP contribution >= 0.6 is 0 Å². The second kappa shape index (κ2) is 6.88. The molecule has 0 aliphatic rings. The maximum absolute atomic E-state index is 12.4. The number of aromatic nitrogens is 2. The van der Waals surface area contributed by atoms with Gasteiger partial charge in [-0.05, 0) is 66.1 Å². The molecule has 27 heavy (non-hydrogen) atoms. The molecular formula is C22H17N3O2. The zero-order valence-electron chi connectivity index (χ0n) is 14.7. The summed E-state index contributed by atoms with van der Waals surface area (Å²) < 4.78 is 0. The van der Waals surface area contributed by atoms with E-state index in [0.717, 1.165) is 27.6 Å². The summed E-state index contributed by atoms with van der Waals surface area (Å²) in [6, 6.07) is 18.8. The molecule has 2 N–H and O–H groups in total. The van der Waals surface area contributed by atoms with Crippen LogP contribution in [0.2, 0.25) is 0 Å². The van der Waals surface area contributed by atoms with E-state index in [2.05, 4.69) is 21.4 Å². The summed E-state index contributed by atoms with van der Waals surface area (Å²) in [5.74, 6) is -0.436. The number of pyridine rings is 2. The molecule has 1 amide bonds. The van der Waals surface area contributed by atoms with Crippen LogP contribution in [-0.2, 0) is 0 Å². The first-order valence-electron chi connectivity index (χ1n) is 8.57. The molecule has 0 atom stereocenters. The number of amides is 1. The molecule has 0 aliphatic heterocycles. The highest BCUT2D eigenvalue weighted by molar-refractivity contribution is 6.04. The number of fused-ring (bicyclic) bond motifs is 1. The molecular weight excluding hydrogens is 338 g/mol. The predicted molar refractivity (Wildman–Crippen MR) is 107 cm³/mol. The zero-order chi connectivity index (χ0) is 18.8. The maximum atomic E-state index is 12.4. The number of aromatic amines is 1. The molecule has 5 nitrogen and oxygen atoms in total. The van der Waals surface area contributed by atoms with Crippen LogP contribution in [0.25, 0.3) is 22.0 Å². The summed E-state index contributed by atoms with van der Waals surface area (Å²) in [6.45, 7) is 2.02. The Balaban J connectivity index is 1.69. The number of H-pyrrole nitrogens is 1. The number of hydrogen-bond donors (Lipinski definition) is 2. The highest BCUT2D eigenvalue weighted by atomic mass is 16.2. The predicted octanol–water partition coefficient (Wildman–Crippen LogP) is 4.15. The van der Waals surface area contributed by atoms with Crippen molar-refractivity contribution in [3.63, 3.8) is 0 Å². The van der Waals surface area contributed by atoms with Crippen molar-refractivity contribution in [2.75, 3.05) is 5.32 Å². The number of nitrogens with zero attached hydrogens (tertiary/aromatic N) is 1. The molecule has 0 bridgehead atoms. The largest absolute Gasteiger partial charge is 0.328 e. The first kappa shape index (κ1) is 16.7. The second-order valence-corrected chi connectivity index (χ2v) is 6.31. The van der Waals surface area contributed by atoms with Gasteiger partial charge in [-0.2, -0.15) is 0 Å². The fourth-order valence-electron chi connectivity index (χ4n) is 3.05. The number of nitrogens with one attached hydrogen (secondary N) is 2. The summed E-state index contributed by atoms with van der Waals surface area (Å²) in [4.78, 5) is 31.1. The highest BCUT2D eigenvalue weighted by Gasteiger charge is 2.11. The fourth-order valence-corrected chi connectivity index (χ4v) is 3.05. The van der Waals surface area contributed by atoms with Crippen molar-refractivity contribution < 1.29 is 4.79 Å².